The molecule has 3 aromatic heterocycles. The summed E-state index contributed by atoms with van der Waals surface area (Å²) in [5, 5.41) is 7.18. The number of nitrogens with zero attached hydrogens (tertiary/aromatic N) is 2. The maximum atomic E-state index is 6.31. The third kappa shape index (κ3) is 4.38. The van der Waals surface area contributed by atoms with Gasteiger partial charge in [-0.25, -0.2) is 0 Å². The molecule has 3 nitrogen and oxygen atoms in total. The van der Waals surface area contributed by atoms with Crippen LogP contribution in [0.25, 0.3) is 80.7 Å². The van der Waals surface area contributed by atoms with Gasteiger partial charge >= 0.3 is 0 Å². The largest absolute Gasteiger partial charge is 0.456 e. The summed E-state index contributed by atoms with van der Waals surface area (Å²) in [6.45, 7) is 0. The lowest BCUT2D eigenvalue weighted by molar-refractivity contribution is 0.669. The van der Waals surface area contributed by atoms with E-state index in [9.17, 15) is 0 Å². The van der Waals surface area contributed by atoms with E-state index in [4.69, 9.17) is 4.42 Å². The molecule has 0 saturated carbocycles. The van der Waals surface area contributed by atoms with Crippen molar-refractivity contribution in [2.75, 3.05) is 4.90 Å². The van der Waals surface area contributed by atoms with Crippen molar-refractivity contribution in [2.45, 2.75) is 0 Å². The van der Waals surface area contributed by atoms with Gasteiger partial charge in [-0.15, -0.1) is 11.3 Å². The molecule has 0 unspecified atom stereocenters. The van der Waals surface area contributed by atoms with Gasteiger partial charge in [0, 0.05) is 58.8 Å². The number of fused-ring (bicyclic) bond motifs is 9. The summed E-state index contributed by atoms with van der Waals surface area (Å²) in [4.78, 5) is 2.45. The summed E-state index contributed by atoms with van der Waals surface area (Å²) in [5.74, 6) is 0. The fourth-order valence-corrected chi connectivity index (χ4v) is 9.34. The van der Waals surface area contributed by atoms with Gasteiger partial charge in [-0.1, -0.05) is 109 Å². The van der Waals surface area contributed by atoms with E-state index in [0.717, 1.165) is 44.7 Å². The molecule has 0 fully saturated rings. The standard InChI is InChI=1S/C48H30N2OS/c1-3-13-31(14-4-1)35-25-27-43(47-38-19-9-12-22-46(38)52-48(35)47)49(34-24-28-45-40(30-34)37-18-8-11-21-44(37)51-45)33-23-26-42-39(29-33)36-17-7-10-20-41(36)50(42)32-15-5-2-6-16-32/h1-30H. The van der Waals surface area contributed by atoms with E-state index < -0.39 is 0 Å². The zero-order chi connectivity index (χ0) is 34.2. The third-order valence-corrected chi connectivity index (χ3v) is 11.6. The summed E-state index contributed by atoms with van der Waals surface area (Å²) in [7, 11) is 0. The Morgan fingerprint density at radius 3 is 1.94 bits per heavy atom. The maximum absolute atomic E-state index is 6.31. The van der Waals surface area contributed by atoms with Gasteiger partial charge in [0.1, 0.15) is 11.2 Å². The minimum absolute atomic E-state index is 0.886. The molecule has 0 aliphatic carbocycles. The first kappa shape index (κ1) is 29.1. The van der Waals surface area contributed by atoms with Crippen LogP contribution in [0.5, 0.6) is 0 Å². The summed E-state index contributed by atoms with van der Waals surface area (Å²) in [6, 6.07) is 65.5. The summed E-state index contributed by atoms with van der Waals surface area (Å²) < 4.78 is 11.2. The molecular formula is C48H30N2OS. The highest BCUT2D eigenvalue weighted by Crippen LogP contribution is 2.49. The third-order valence-electron chi connectivity index (χ3n) is 10.4. The van der Waals surface area contributed by atoms with Crippen molar-refractivity contribution in [3.8, 4) is 16.8 Å². The molecule has 0 atom stereocenters. The number of furan rings is 1. The van der Waals surface area contributed by atoms with Crippen LogP contribution < -0.4 is 4.90 Å². The highest BCUT2D eigenvalue weighted by atomic mass is 32.1. The Morgan fingerprint density at radius 1 is 0.462 bits per heavy atom. The number of benzene rings is 8. The number of rotatable bonds is 5. The van der Waals surface area contributed by atoms with Crippen molar-refractivity contribution in [1.29, 1.82) is 0 Å². The van der Waals surface area contributed by atoms with E-state index in [-0.39, 0.29) is 0 Å². The fraction of sp³-hybridized carbons (Fsp3) is 0. The average molecular weight is 683 g/mol. The van der Waals surface area contributed by atoms with Gasteiger partial charge in [-0.05, 0) is 83.9 Å². The Labute approximate surface area is 303 Å². The molecule has 11 aromatic rings. The van der Waals surface area contributed by atoms with Gasteiger partial charge in [-0.3, -0.25) is 0 Å². The van der Waals surface area contributed by atoms with Crippen LogP contribution in [0.3, 0.4) is 0 Å². The minimum Gasteiger partial charge on any atom is -0.456 e. The lowest BCUT2D eigenvalue weighted by atomic mass is 10.00. The predicted octanol–water partition coefficient (Wildman–Crippen LogP) is 14.2. The van der Waals surface area contributed by atoms with Crippen LogP contribution >= 0.6 is 11.3 Å². The highest BCUT2D eigenvalue weighted by Gasteiger charge is 2.23. The normalized spacial score (nSPS) is 11.8. The van der Waals surface area contributed by atoms with Crippen LogP contribution in [-0.4, -0.2) is 4.57 Å². The molecule has 11 rings (SSSR count). The molecule has 0 spiro atoms. The first-order valence-electron chi connectivity index (χ1n) is 17.6. The zero-order valence-electron chi connectivity index (χ0n) is 28.0. The Kier molecular flexibility index (Phi) is 6.42. The second kappa shape index (κ2) is 11.5. The number of anilines is 3. The fourth-order valence-electron chi connectivity index (χ4n) is 8.08. The molecule has 8 aromatic carbocycles. The van der Waals surface area contributed by atoms with Crippen molar-refractivity contribution in [2.24, 2.45) is 0 Å². The summed E-state index contributed by atoms with van der Waals surface area (Å²) in [6.07, 6.45) is 0. The van der Waals surface area contributed by atoms with E-state index in [2.05, 4.69) is 179 Å². The Balaban J connectivity index is 1.23. The maximum Gasteiger partial charge on any atom is 0.135 e. The molecule has 244 valence electrons. The van der Waals surface area contributed by atoms with E-state index >= 15 is 0 Å². The number of hydrogen-bond donors (Lipinski definition) is 0. The van der Waals surface area contributed by atoms with Gasteiger partial charge in [-0.2, -0.15) is 0 Å². The van der Waals surface area contributed by atoms with Crippen LogP contribution in [0.1, 0.15) is 0 Å². The highest BCUT2D eigenvalue weighted by molar-refractivity contribution is 7.26. The van der Waals surface area contributed by atoms with Crippen LogP contribution in [0, 0.1) is 0 Å². The number of para-hydroxylation sites is 3. The van der Waals surface area contributed by atoms with E-state index in [1.165, 1.54) is 53.1 Å². The van der Waals surface area contributed by atoms with Crippen LogP contribution in [-0.2, 0) is 0 Å². The van der Waals surface area contributed by atoms with Crippen LogP contribution in [0.2, 0.25) is 0 Å². The first-order chi connectivity index (χ1) is 25.8. The molecule has 52 heavy (non-hydrogen) atoms. The Bertz CT molecular complexity index is 3130. The number of thiophene rings is 1. The van der Waals surface area contributed by atoms with E-state index in [1.54, 1.807) is 0 Å². The first-order valence-corrected chi connectivity index (χ1v) is 18.4. The molecule has 0 amide bonds. The summed E-state index contributed by atoms with van der Waals surface area (Å²) >= 11 is 1.87. The van der Waals surface area contributed by atoms with Gasteiger partial charge in [0.2, 0.25) is 0 Å². The van der Waals surface area contributed by atoms with Crippen molar-refractivity contribution in [1.82, 2.24) is 4.57 Å². The summed E-state index contributed by atoms with van der Waals surface area (Å²) in [5.41, 5.74) is 11.1. The lowest BCUT2D eigenvalue weighted by Gasteiger charge is -2.27. The Hall–Kier alpha value is -6.62. The molecule has 0 N–H and O–H groups in total. The molecule has 0 aliphatic heterocycles. The van der Waals surface area contributed by atoms with Crippen molar-refractivity contribution < 1.29 is 4.42 Å². The lowest BCUT2D eigenvalue weighted by Crippen LogP contribution is -2.10. The molecular weight excluding hydrogens is 653 g/mol. The topological polar surface area (TPSA) is 21.3 Å². The van der Waals surface area contributed by atoms with E-state index in [0.29, 0.717) is 0 Å². The SMILES string of the molecule is c1ccc(-c2ccc(N(c3ccc4oc5ccccc5c4c3)c3ccc4c(c3)c3ccccc3n4-c3ccccc3)c3c2sc2ccccc23)cc1. The number of hydrogen-bond acceptors (Lipinski definition) is 3. The molecule has 4 heteroatoms. The molecule has 0 radical (unpaired) electrons. The molecule has 0 saturated heterocycles. The van der Waals surface area contributed by atoms with Crippen molar-refractivity contribution in [3.63, 3.8) is 0 Å². The number of aromatic nitrogens is 1. The predicted molar refractivity (Wildman–Crippen MR) is 221 cm³/mol. The monoisotopic (exact) mass is 682 g/mol. The second-order valence-electron chi connectivity index (χ2n) is 13.3. The molecule has 0 aliphatic rings. The van der Waals surface area contributed by atoms with Gasteiger partial charge in [0.25, 0.3) is 0 Å². The van der Waals surface area contributed by atoms with Crippen LogP contribution in [0.15, 0.2) is 186 Å². The van der Waals surface area contributed by atoms with Crippen LogP contribution in [0.4, 0.5) is 17.1 Å². The molecule has 0 bridgehead atoms. The van der Waals surface area contributed by atoms with Crippen molar-refractivity contribution in [3.05, 3.63) is 182 Å². The van der Waals surface area contributed by atoms with Crippen molar-refractivity contribution >= 4 is 92.3 Å². The smallest absolute Gasteiger partial charge is 0.135 e. The van der Waals surface area contributed by atoms with Gasteiger partial charge in [0.05, 0.1) is 16.7 Å². The zero-order valence-corrected chi connectivity index (χ0v) is 28.8. The molecule has 3 heterocycles. The second-order valence-corrected chi connectivity index (χ2v) is 14.4. The quantitative estimate of drug-likeness (QED) is 0.180. The minimum atomic E-state index is 0.886. The Morgan fingerprint density at radius 2 is 1.10 bits per heavy atom. The van der Waals surface area contributed by atoms with Gasteiger partial charge in [0.15, 0.2) is 0 Å². The average Bonchev–Trinajstić information content (AvgIpc) is 3.88. The van der Waals surface area contributed by atoms with E-state index in [1.807, 2.05) is 23.5 Å². The van der Waals surface area contributed by atoms with Gasteiger partial charge < -0.3 is 13.9 Å².